The zero-order chi connectivity index (χ0) is 26.0. The van der Waals surface area contributed by atoms with E-state index in [1.54, 1.807) is 11.7 Å². The largest absolute Gasteiger partial charge is 0.493 e. The first-order valence-electron chi connectivity index (χ1n) is 11.5. The van der Waals surface area contributed by atoms with E-state index in [0.29, 0.717) is 38.5 Å². The van der Waals surface area contributed by atoms with Gasteiger partial charge >= 0.3 is 5.97 Å². The topological polar surface area (TPSA) is 79.1 Å². The molecule has 4 rings (SSSR count). The minimum atomic E-state index is -0.635. The third-order valence-electron chi connectivity index (χ3n) is 5.67. The van der Waals surface area contributed by atoms with Crippen molar-refractivity contribution in [3.05, 3.63) is 88.1 Å². The van der Waals surface area contributed by atoms with Crippen molar-refractivity contribution >= 4 is 46.0 Å². The number of allylic oxidation sites excluding steroid dienone is 1. The SMILES string of the molecule is CCC1=C(C(=O)OC)[C@@H](c2ccccc2)n2c(s/c(=C/c3cc(I)cc(OC)c3OC(C)C)c2=O)=N1. The van der Waals surface area contributed by atoms with Crippen LogP contribution >= 0.6 is 33.9 Å². The number of ether oxygens (including phenoxy) is 3. The number of carbonyl (C=O) groups excluding carboxylic acids is 1. The van der Waals surface area contributed by atoms with E-state index in [1.807, 2.05) is 69.3 Å². The molecule has 0 spiro atoms. The molecule has 0 saturated carbocycles. The summed E-state index contributed by atoms with van der Waals surface area (Å²) in [5, 5.41) is 0. The minimum absolute atomic E-state index is 0.0832. The Labute approximate surface area is 226 Å². The lowest BCUT2D eigenvalue weighted by atomic mass is 9.95. The number of halogens is 1. The maximum Gasteiger partial charge on any atom is 0.338 e. The fourth-order valence-electron chi connectivity index (χ4n) is 4.17. The van der Waals surface area contributed by atoms with Crippen LogP contribution in [0, 0.1) is 3.57 Å². The van der Waals surface area contributed by atoms with Crippen molar-refractivity contribution < 1.29 is 19.0 Å². The van der Waals surface area contributed by atoms with E-state index in [1.165, 1.54) is 18.4 Å². The monoisotopic (exact) mass is 618 g/mol. The molecule has 1 aromatic heterocycles. The maximum absolute atomic E-state index is 13.9. The minimum Gasteiger partial charge on any atom is -0.493 e. The standard InChI is InChI=1S/C27H27IN2O5S/c1-6-19-22(26(32)34-5)23(16-10-8-7-9-11-16)30-25(31)21(36-27(30)29-19)13-17-12-18(28)14-20(33-4)24(17)35-15(2)3/h7-15,23H,6H2,1-5H3/b21-13+/t23-/m1/s1. The van der Waals surface area contributed by atoms with E-state index in [4.69, 9.17) is 19.2 Å². The van der Waals surface area contributed by atoms with Gasteiger partial charge in [0, 0.05) is 9.13 Å². The Hall–Kier alpha value is -2.92. The Kier molecular flexibility index (Phi) is 7.99. The lowest BCUT2D eigenvalue weighted by molar-refractivity contribution is -0.136. The van der Waals surface area contributed by atoms with E-state index in [0.717, 1.165) is 14.7 Å². The van der Waals surface area contributed by atoms with Crippen LogP contribution in [-0.4, -0.2) is 30.9 Å². The summed E-state index contributed by atoms with van der Waals surface area (Å²) in [6.07, 6.45) is 2.25. The third kappa shape index (κ3) is 4.99. The Morgan fingerprint density at radius 2 is 1.94 bits per heavy atom. The van der Waals surface area contributed by atoms with Crippen LogP contribution in [-0.2, 0) is 9.53 Å². The molecule has 0 saturated heterocycles. The predicted molar refractivity (Wildman–Crippen MR) is 148 cm³/mol. The van der Waals surface area contributed by atoms with Crippen LogP contribution in [0.3, 0.4) is 0 Å². The number of nitrogens with zero attached hydrogens (tertiary/aromatic N) is 2. The van der Waals surface area contributed by atoms with Crippen molar-refractivity contribution in [2.24, 2.45) is 4.99 Å². The Bertz CT molecular complexity index is 1510. The normalized spacial score (nSPS) is 15.5. The molecule has 0 unspecified atom stereocenters. The van der Waals surface area contributed by atoms with Crippen LogP contribution < -0.4 is 24.4 Å². The van der Waals surface area contributed by atoms with Gasteiger partial charge in [-0.2, -0.15) is 0 Å². The Morgan fingerprint density at radius 1 is 1.22 bits per heavy atom. The molecular formula is C27H27IN2O5S. The summed E-state index contributed by atoms with van der Waals surface area (Å²) in [5.41, 5.74) is 2.30. The van der Waals surface area contributed by atoms with E-state index in [2.05, 4.69) is 22.6 Å². The highest BCUT2D eigenvalue weighted by Crippen LogP contribution is 2.35. The number of methoxy groups -OCH3 is 2. The molecule has 0 aliphatic carbocycles. The molecule has 1 atom stereocenters. The van der Waals surface area contributed by atoms with E-state index >= 15 is 0 Å². The van der Waals surface area contributed by atoms with Crippen LogP contribution in [0.5, 0.6) is 11.5 Å². The second-order valence-corrected chi connectivity index (χ2v) is 10.6. The molecule has 188 valence electrons. The molecule has 9 heteroatoms. The summed E-state index contributed by atoms with van der Waals surface area (Å²) in [5.74, 6) is 0.676. The number of fused-ring (bicyclic) bond motifs is 1. The number of rotatable bonds is 7. The summed E-state index contributed by atoms with van der Waals surface area (Å²) in [6, 6.07) is 12.7. The molecule has 1 aliphatic rings. The number of thiazole rings is 1. The average molecular weight is 618 g/mol. The summed E-state index contributed by atoms with van der Waals surface area (Å²) < 4.78 is 19.8. The summed E-state index contributed by atoms with van der Waals surface area (Å²) in [7, 11) is 2.94. The Morgan fingerprint density at radius 3 is 2.56 bits per heavy atom. The highest BCUT2D eigenvalue weighted by atomic mass is 127. The quantitative estimate of drug-likeness (QED) is 0.293. The van der Waals surface area contributed by atoms with Crippen molar-refractivity contribution in [2.75, 3.05) is 14.2 Å². The molecule has 1 aliphatic heterocycles. The number of benzene rings is 2. The lowest BCUT2D eigenvalue weighted by Crippen LogP contribution is -2.40. The molecule has 36 heavy (non-hydrogen) atoms. The highest BCUT2D eigenvalue weighted by molar-refractivity contribution is 14.1. The first kappa shape index (κ1) is 26.2. The summed E-state index contributed by atoms with van der Waals surface area (Å²) >= 11 is 3.50. The maximum atomic E-state index is 13.9. The average Bonchev–Trinajstić information content (AvgIpc) is 3.18. The van der Waals surface area contributed by atoms with Gasteiger partial charge in [-0.25, -0.2) is 9.79 Å². The number of esters is 1. The molecule has 3 aromatic rings. The zero-order valence-corrected chi connectivity index (χ0v) is 23.7. The van der Waals surface area contributed by atoms with E-state index in [-0.39, 0.29) is 11.7 Å². The molecule has 0 bridgehead atoms. The first-order valence-corrected chi connectivity index (χ1v) is 13.4. The van der Waals surface area contributed by atoms with Crippen molar-refractivity contribution in [3.63, 3.8) is 0 Å². The number of carbonyl (C=O) groups is 1. The molecule has 7 nitrogen and oxygen atoms in total. The highest BCUT2D eigenvalue weighted by Gasteiger charge is 2.33. The first-order chi connectivity index (χ1) is 17.3. The van der Waals surface area contributed by atoms with E-state index < -0.39 is 12.0 Å². The second kappa shape index (κ2) is 11.0. The van der Waals surface area contributed by atoms with Gasteiger partial charge in [-0.15, -0.1) is 0 Å². The van der Waals surface area contributed by atoms with Crippen molar-refractivity contribution in [1.82, 2.24) is 4.57 Å². The van der Waals surface area contributed by atoms with E-state index in [9.17, 15) is 9.59 Å². The van der Waals surface area contributed by atoms with Gasteiger partial charge in [-0.3, -0.25) is 9.36 Å². The fraction of sp³-hybridized carbons (Fsp3) is 0.296. The van der Waals surface area contributed by atoms with Gasteiger partial charge in [-0.05, 0) is 66.6 Å². The smallest absolute Gasteiger partial charge is 0.338 e. The molecule has 0 fully saturated rings. The third-order valence-corrected chi connectivity index (χ3v) is 7.28. The van der Waals surface area contributed by atoms with Crippen LogP contribution in [0.25, 0.3) is 6.08 Å². The van der Waals surface area contributed by atoms with Gasteiger partial charge < -0.3 is 14.2 Å². The molecule has 2 heterocycles. The van der Waals surface area contributed by atoms with Crippen molar-refractivity contribution in [1.29, 1.82) is 0 Å². The number of hydrogen-bond acceptors (Lipinski definition) is 7. The number of aromatic nitrogens is 1. The van der Waals surface area contributed by atoms with Gasteiger partial charge in [0.15, 0.2) is 16.3 Å². The zero-order valence-electron chi connectivity index (χ0n) is 20.7. The molecular weight excluding hydrogens is 591 g/mol. The van der Waals surface area contributed by atoms with Crippen LogP contribution in [0.1, 0.15) is 44.4 Å². The van der Waals surface area contributed by atoms with Crippen molar-refractivity contribution in [2.45, 2.75) is 39.3 Å². The van der Waals surface area contributed by atoms with Gasteiger partial charge in [-0.1, -0.05) is 48.6 Å². The number of hydrogen-bond donors (Lipinski definition) is 0. The lowest BCUT2D eigenvalue weighted by Gasteiger charge is -2.25. The van der Waals surface area contributed by atoms with Gasteiger partial charge in [0.05, 0.1) is 42.2 Å². The summed E-state index contributed by atoms with van der Waals surface area (Å²) in [4.78, 5) is 32.0. The van der Waals surface area contributed by atoms with Gasteiger partial charge in [0.2, 0.25) is 0 Å². The van der Waals surface area contributed by atoms with Gasteiger partial charge in [0.25, 0.3) is 5.56 Å². The second-order valence-electron chi connectivity index (χ2n) is 8.39. The molecule has 0 radical (unpaired) electrons. The Balaban J connectivity index is 2.01. The van der Waals surface area contributed by atoms with Crippen LogP contribution in [0.15, 0.2) is 63.5 Å². The van der Waals surface area contributed by atoms with Crippen LogP contribution in [0.2, 0.25) is 0 Å². The van der Waals surface area contributed by atoms with Crippen molar-refractivity contribution in [3.8, 4) is 11.5 Å². The molecule has 2 aromatic carbocycles. The van der Waals surface area contributed by atoms with Gasteiger partial charge in [0.1, 0.15) is 0 Å². The fourth-order valence-corrected chi connectivity index (χ4v) is 5.79. The molecule has 0 N–H and O–H groups in total. The molecule has 0 amide bonds. The van der Waals surface area contributed by atoms with Crippen LogP contribution in [0.4, 0.5) is 0 Å². The summed E-state index contributed by atoms with van der Waals surface area (Å²) in [6.45, 7) is 5.82. The predicted octanol–water partition coefficient (Wildman–Crippen LogP) is 4.20.